The lowest BCUT2D eigenvalue weighted by atomic mass is 9.72. The topological polar surface area (TPSA) is 79.1 Å². The number of nitrogens with zero attached hydrogens (tertiary/aromatic N) is 2. The lowest BCUT2D eigenvalue weighted by Gasteiger charge is -2.10. The van der Waals surface area contributed by atoms with Crippen molar-refractivity contribution in [3.63, 3.8) is 0 Å². The van der Waals surface area contributed by atoms with Gasteiger partial charge in [-0.05, 0) is 5.46 Å². The number of benzene rings is 1. The van der Waals surface area contributed by atoms with Crippen molar-refractivity contribution < 1.29 is 13.4 Å². The highest BCUT2D eigenvalue weighted by atomic mass is 32.2. The van der Waals surface area contributed by atoms with Gasteiger partial charge < -0.3 is 5.02 Å². The van der Waals surface area contributed by atoms with Gasteiger partial charge in [0.25, 0.3) is 0 Å². The van der Waals surface area contributed by atoms with Crippen molar-refractivity contribution >= 4 is 27.8 Å². The van der Waals surface area contributed by atoms with E-state index in [0.29, 0.717) is 11.0 Å². The number of hydrogen-bond acceptors (Lipinski definition) is 4. The Balaban J connectivity index is 2.77. The first-order valence-corrected chi connectivity index (χ1v) is 4.92. The average molecular weight is 208 g/mol. The van der Waals surface area contributed by atoms with Crippen LogP contribution in [-0.2, 0) is 10.3 Å². The Morgan fingerprint density at radius 3 is 2.71 bits per heavy atom. The molecule has 0 aliphatic carbocycles. The van der Waals surface area contributed by atoms with E-state index in [4.69, 9.17) is 0 Å². The summed E-state index contributed by atoms with van der Waals surface area (Å²) in [6.45, 7) is 0. The van der Waals surface area contributed by atoms with Gasteiger partial charge in [0, 0.05) is 5.56 Å². The van der Waals surface area contributed by atoms with E-state index in [-0.39, 0.29) is 4.99 Å². The predicted octanol–water partition coefficient (Wildman–Crippen LogP) is -0.803. The van der Waals surface area contributed by atoms with Crippen LogP contribution in [0.25, 0.3) is 0 Å². The molecule has 1 aliphatic rings. The zero-order chi connectivity index (χ0) is 10.1. The summed E-state index contributed by atoms with van der Waals surface area (Å²) in [5.41, 5.74) is 0.866. The van der Waals surface area contributed by atoms with E-state index in [9.17, 15) is 13.4 Å². The maximum Gasteiger partial charge on any atom is 0.490 e. The van der Waals surface area contributed by atoms with E-state index in [1.165, 1.54) is 0 Å². The Bertz CT molecular complexity index is 530. The summed E-state index contributed by atoms with van der Waals surface area (Å²) in [7, 11) is -3.50. The van der Waals surface area contributed by atoms with E-state index in [2.05, 4.69) is 10.1 Å². The van der Waals surface area contributed by atoms with Gasteiger partial charge in [-0.3, -0.25) is 0 Å². The Kier molecular flexibility index (Phi) is 2.18. The smallest absolute Gasteiger partial charge is 0.426 e. The maximum absolute atomic E-state index is 10.8. The molecule has 0 fully saturated rings. The van der Waals surface area contributed by atoms with E-state index < -0.39 is 17.3 Å². The maximum atomic E-state index is 10.8. The van der Waals surface area contributed by atoms with Crippen LogP contribution in [0.4, 0.5) is 0 Å². The van der Waals surface area contributed by atoms with Crippen LogP contribution in [0.1, 0.15) is 5.56 Å². The SMILES string of the molecule is O=S(=O)=C1N=NB(O)c2ccccc21. The molecule has 1 aromatic rings. The van der Waals surface area contributed by atoms with Crippen molar-refractivity contribution in [1.29, 1.82) is 0 Å². The van der Waals surface area contributed by atoms with E-state index in [1.807, 2.05) is 0 Å². The summed E-state index contributed by atoms with van der Waals surface area (Å²) in [5.74, 6) is 0. The molecule has 7 heteroatoms. The molecule has 0 saturated heterocycles. The Labute approximate surface area is 81.8 Å². The lowest BCUT2D eigenvalue weighted by molar-refractivity contribution is 0.584. The van der Waals surface area contributed by atoms with Crippen LogP contribution in [0, 0.1) is 0 Å². The minimum absolute atomic E-state index is 0.133. The molecule has 1 heterocycles. The second kappa shape index (κ2) is 3.35. The van der Waals surface area contributed by atoms with E-state index in [0.717, 1.165) is 0 Å². The van der Waals surface area contributed by atoms with Gasteiger partial charge in [0.2, 0.25) is 15.3 Å². The van der Waals surface area contributed by atoms with Crippen LogP contribution in [0.5, 0.6) is 0 Å². The highest BCUT2D eigenvalue weighted by molar-refractivity contribution is 7.73. The number of hydrogen-bond donors (Lipinski definition) is 1. The molecule has 0 unspecified atom stereocenters. The molecular formula is C7H5BN2O3S. The third-order valence-corrected chi connectivity index (χ3v) is 2.50. The molecule has 0 aromatic heterocycles. The molecule has 0 atom stereocenters. The Morgan fingerprint density at radius 1 is 1.29 bits per heavy atom. The standard InChI is InChI=1S/C7H5BN2O3S/c11-8-6-4-2-1-3-5(6)7(9-10-8)14(12)13/h1-4,11H. The Hall–Kier alpha value is -1.47. The summed E-state index contributed by atoms with van der Waals surface area (Å²) < 4.78 is 21.5. The first-order chi connectivity index (χ1) is 6.70. The molecule has 1 aliphatic heterocycles. The minimum atomic E-state index is -2.43. The molecule has 0 radical (unpaired) electrons. The predicted molar refractivity (Wildman–Crippen MR) is 51.9 cm³/mol. The molecule has 5 nitrogen and oxygen atoms in total. The fraction of sp³-hybridized carbons (Fsp3) is 0. The van der Waals surface area contributed by atoms with Gasteiger partial charge >= 0.3 is 7.05 Å². The fourth-order valence-corrected chi connectivity index (χ4v) is 1.74. The van der Waals surface area contributed by atoms with Crippen molar-refractivity contribution in [3.05, 3.63) is 29.8 Å². The monoisotopic (exact) mass is 208 g/mol. The van der Waals surface area contributed by atoms with Crippen LogP contribution in [0.2, 0.25) is 0 Å². The third kappa shape index (κ3) is 1.36. The summed E-state index contributed by atoms with van der Waals surface area (Å²) in [6, 6.07) is 6.58. The highest BCUT2D eigenvalue weighted by Crippen LogP contribution is 2.06. The molecule has 0 bridgehead atoms. The van der Waals surface area contributed by atoms with E-state index >= 15 is 0 Å². The number of fused-ring (bicyclic) bond motifs is 1. The summed E-state index contributed by atoms with van der Waals surface area (Å²) in [5, 5.41) is 16.2. The molecule has 1 N–H and O–H groups in total. The molecule has 0 amide bonds. The summed E-state index contributed by atoms with van der Waals surface area (Å²) >= 11 is 0. The molecule has 14 heavy (non-hydrogen) atoms. The zero-order valence-corrected chi connectivity index (χ0v) is 7.77. The molecule has 0 saturated carbocycles. The second-order valence-corrected chi connectivity index (χ2v) is 3.57. The molecule has 2 rings (SSSR count). The quantitative estimate of drug-likeness (QED) is 0.447. The third-order valence-electron chi connectivity index (χ3n) is 1.89. The molecule has 70 valence electrons. The summed E-state index contributed by atoms with van der Waals surface area (Å²) in [4.78, 5) is -0.133. The highest BCUT2D eigenvalue weighted by Gasteiger charge is 2.25. The number of rotatable bonds is 0. The van der Waals surface area contributed by atoms with Crippen LogP contribution in [0.3, 0.4) is 0 Å². The first kappa shape index (κ1) is 9.10. The molecule has 0 spiro atoms. The van der Waals surface area contributed by atoms with Crippen molar-refractivity contribution in [2.45, 2.75) is 0 Å². The largest absolute Gasteiger partial charge is 0.490 e. The van der Waals surface area contributed by atoms with Crippen molar-refractivity contribution in [1.82, 2.24) is 0 Å². The normalized spacial score (nSPS) is 14.1. The molecular weight excluding hydrogens is 203 g/mol. The van der Waals surface area contributed by atoms with Gasteiger partial charge in [-0.1, -0.05) is 24.3 Å². The van der Waals surface area contributed by atoms with Crippen LogP contribution >= 0.6 is 0 Å². The molecule has 1 aromatic carbocycles. The first-order valence-electron chi connectivity index (χ1n) is 3.84. The van der Waals surface area contributed by atoms with E-state index in [1.54, 1.807) is 24.3 Å². The Morgan fingerprint density at radius 2 is 2.00 bits per heavy atom. The van der Waals surface area contributed by atoms with Gasteiger partial charge in [0.05, 0.1) is 0 Å². The van der Waals surface area contributed by atoms with Gasteiger partial charge in [0.15, 0.2) is 0 Å². The lowest BCUT2D eigenvalue weighted by Crippen LogP contribution is -2.36. The van der Waals surface area contributed by atoms with Gasteiger partial charge in [0.1, 0.15) is 0 Å². The van der Waals surface area contributed by atoms with Gasteiger partial charge in [-0.2, -0.15) is 8.42 Å². The summed E-state index contributed by atoms with van der Waals surface area (Å²) in [6.07, 6.45) is 0. The van der Waals surface area contributed by atoms with Crippen LogP contribution in [-0.4, -0.2) is 25.5 Å². The minimum Gasteiger partial charge on any atom is -0.426 e. The van der Waals surface area contributed by atoms with Crippen LogP contribution in [0.15, 0.2) is 34.4 Å². The van der Waals surface area contributed by atoms with Gasteiger partial charge in [-0.25, -0.2) is 5.03 Å². The zero-order valence-electron chi connectivity index (χ0n) is 6.95. The van der Waals surface area contributed by atoms with Gasteiger partial charge in [-0.15, -0.1) is 5.11 Å². The second-order valence-electron chi connectivity index (χ2n) is 2.72. The van der Waals surface area contributed by atoms with Crippen molar-refractivity contribution in [2.75, 3.05) is 0 Å². The van der Waals surface area contributed by atoms with Crippen molar-refractivity contribution in [2.24, 2.45) is 10.1 Å². The van der Waals surface area contributed by atoms with Crippen molar-refractivity contribution in [3.8, 4) is 0 Å². The fourth-order valence-electron chi connectivity index (χ4n) is 1.26. The van der Waals surface area contributed by atoms with Crippen LogP contribution < -0.4 is 5.46 Å². The average Bonchev–Trinajstić information content (AvgIpc) is 2.18.